The zero-order chi connectivity index (χ0) is 24.1. The molecule has 11 heteroatoms. The molecule has 2 aliphatic heterocycles. The van der Waals surface area contributed by atoms with Gasteiger partial charge < -0.3 is 9.80 Å². The third-order valence-corrected chi connectivity index (χ3v) is 8.83. The molecule has 1 aromatic heterocycles. The Morgan fingerprint density at radius 1 is 1.15 bits per heavy atom. The lowest BCUT2D eigenvalue weighted by molar-refractivity contribution is -0.383. The summed E-state index contributed by atoms with van der Waals surface area (Å²) in [6, 6.07) is 1.17. The number of likely N-dealkylation sites (tertiary alicyclic amines) is 1. The third kappa shape index (κ3) is 4.51. The van der Waals surface area contributed by atoms with Crippen LogP contribution in [0, 0.1) is 21.4 Å². The first-order valence-corrected chi connectivity index (χ1v) is 12.6. The molecule has 5 rings (SSSR count). The van der Waals surface area contributed by atoms with Gasteiger partial charge in [-0.2, -0.15) is 18.2 Å². The van der Waals surface area contributed by atoms with Crippen molar-refractivity contribution < 1.29 is 18.1 Å². The standard InChI is InChI=1S/C23H27F3N4O3S/c24-23(25,26)16-10-17-19(18(11-16)30(32)33)34-21(27-20(17)31)29-8-6-22(7-9-29)13-28(14-22)12-15-4-2-1-3-5-15/h10-11,15H,1-9,12-14H2. The van der Waals surface area contributed by atoms with Crippen LogP contribution in [0.5, 0.6) is 0 Å². The molecule has 2 aromatic rings. The van der Waals surface area contributed by atoms with Gasteiger partial charge >= 0.3 is 6.18 Å². The molecule has 0 amide bonds. The molecule has 0 bridgehead atoms. The van der Waals surface area contributed by atoms with E-state index in [0.717, 1.165) is 43.2 Å². The van der Waals surface area contributed by atoms with E-state index in [0.29, 0.717) is 30.4 Å². The quantitative estimate of drug-likeness (QED) is 0.435. The smallest absolute Gasteiger partial charge is 0.348 e. The second-order valence-electron chi connectivity index (χ2n) is 10.1. The number of aromatic nitrogens is 1. The van der Waals surface area contributed by atoms with Crippen LogP contribution in [0.2, 0.25) is 0 Å². The number of non-ortho nitro benzene ring substituents is 1. The molecular weight excluding hydrogens is 469 g/mol. The predicted octanol–water partition coefficient (Wildman–Crippen LogP) is 5.07. The van der Waals surface area contributed by atoms with Gasteiger partial charge in [-0.15, -0.1) is 0 Å². The second-order valence-corrected chi connectivity index (χ2v) is 11.1. The highest BCUT2D eigenvalue weighted by Gasteiger charge is 2.45. The Hall–Kier alpha value is -2.27. The minimum atomic E-state index is -4.79. The Labute approximate surface area is 198 Å². The van der Waals surface area contributed by atoms with Crippen molar-refractivity contribution in [1.29, 1.82) is 0 Å². The molecule has 0 N–H and O–H groups in total. The van der Waals surface area contributed by atoms with Gasteiger partial charge in [0.25, 0.3) is 11.2 Å². The minimum absolute atomic E-state index is 0.0596. The highest BCUT2D eigenvalue weighted by atomic mass is 32.1. The summed E-state index contributed by atoms with van der Waals surface area (Å²) < 4.78 is 39.5. The average Bonchev–Trinajstić information content (AvgIpc) is 2.78. The first-order chi connectivity index (χ1) is 16.1. The van der Waals surface area contributed by atoms with Crippen LogP contribution < -0.4 is 10.5 Å². The van der Waals surface area contributed by atoms with E-state index in [4.69, 9.17) is 0 Å². The van der Waals surface area contributed by atoms with Gasteiger partial charge in [0.05, 0.1) is 15.9 Å². The van der Waals surface area contributed by atoms with Crippen LogP contribution in [0.4, 0.5) is 24.0 Å². The molecule has 7 nitrogen and oxygen atoms in total. The third-order valence-electron chi connectivity index (χ3n) is 7.67. The lowest BCUT2D eigenvalue weighted by Gasteiger charge is -2.55. The molecule has 3 heterocycles. The van der Waals surface area contributed by atoms with E-state index in [1.807, 2.05) is 4.90 Å². The van der Waals surface area contributed by atoms with Crippen LogP contribution in [-0.2, 0) is 6.18 Å². The molecule has 184 valence electrons. The molecule has 0 unspecified atom stereocenters. The number of hydrogen-bond acceptors (Lipinski definition) is 7. The van der Waals surface area contributed by atoms with Gasteiger partial charge in [-0.1, -0.05) is 30.6 Å². The fraction of sp³-hybridized carbons (Fsp3) is 0.652. The number of piperidine rings is 1. The van der Waals surface area contributed by atoms with Crippen molar-refractivity contribution in [3.8, 4) is 0 Å². The number of nitrogens with zero attached hydrogens (tertiary/aromatic N) is 4. The summed E-state index contributed by atoms with van der Waals surface area (Å²) in [5, 5.41) is 11.5. The molecule has 1 aromatic carbocycles. The molecule has 2 saturated heterocycles. The van der Waals surface area contributed by atoms with Crippen molar-refractivity contribution in [2.45, 2.75) is 51.1 Å². The summed E-state index contributed by atoms with van der Waals surface area (Å²) in [5.41, 5.74) is -2.50. The van der Waals surface area contributed by atoms with Crippen molar-refractivity contribution in [3.05, 3.63) is 38.2 Å². The molecule has 3 fully saturated rings. The van der Waals surface area contributed by atoms with Gasteiger partial charge in [0.1, 0.15) is 4.70 Å². The SMILES string of the molecule is O=c1nc(N2CCC3(CC2)CN(CC2CCCCC2)C3)sc2c([N+](=O)[O-])cc(C(F)(F)F)cc12. The van der Waals surface area contributed by atoms with Gasteiger partial charge in [-0.3, -0.25) is 14.9 Å². The summed E-state index contributed by atoms with van der Waals surface area (Å²) >= 11 is 0.927. The van der Waals surface area contributed by atoms with Crippen molar-refractivity contribution in [2.24, 2.45) is 11.3 Å². The number of anilines is 1. The summed E-state index contributed by atoms with van der Waals surface area (Å²) in [6.07, 6.45) is 3.82. The highest BCUT2D eigenvalue weighted by Crippen LogP contribution is 2.44. The number of benzene rings is 1. The largest absolute Gasteiger partial charge is 0.416 e. The van der Waals surface area contributed by atoms with Crippen LogP contribution in [0.3, 0.4) is 0 Å². The number of fused-ring (bicyclic) bond motifs is 1. The monoisotopic (exact) mass is 496 g/mol. The molecule has 0 radical (unpaired) electrons. The average molecular weight is 497 g/mol. The van der Waals surface area contributed by atoms with Crippen LogP contribution in [0.1, 0.15) is 50.5 Å². The topological polar surface area (TPSA) is 79.6 Å². The Morgan fingerprint density at radius 2 is 1.82 bits per heavy atom. The van der Waals surface area contributed by atoms with Crippen molar-refractivity contribution in [3.63, 3.8) is 0 Å². The number of halogens is 3. The zero-order valence-corrected chi connectivity index (χ0v) is 19.6. The van der Waals surface area contributed by atoms with E-state index >= 15 is 0 Å². The fourth-order valence-electron chi connectivity index (χ4n) is 5.83. The lowest BCUT2D eigenvalue weighted by Crippen LogP contribution is -2.61. The Bertz CT molecular complexity index is 1150. The van der Waals surface area contributed by atoms with E-state index in [1.54, 1.807) is 0 Å². The van der Waals surface area contributed by atoms with E-state index in [-0.39, 0.29) is 15.5 Å². The van der Waals surface area contributed by atoms with Gasteiger partial charge in [0.2, 0.25) is 0 Å². The summed E-state index contributed by atoms with van der Waals surface area (Å²) in [6.45, 7) is 4.72. The minimum Gasteiger partial charge on any atom is -0.348 e. The first-order valence-electron chi connectivity index (χ1n) is 11.8. The fourth-order valence-corrected chi connectivity index (χ4v) is 6.95. The van der Waals surface area contributed by atoms with Crippen LogP contribution in [-0.4, -0.2) is 47.5 Å². The van der Waals surface area contributed by atoms with Gasteiger partial charge in [-0.05, 0) is 43.1 Å². The first kappa shape index (κ1) is 23.5. The lowest BCUT2D eigenvalue weighted by atomic mass is 9.71. The Kier molecular flexibility index (Phi) is 6.04. The number of hydrogen-bond donors (Lipinski definition) is 0. The second kappa shape index (κ2) is 8.75. The number of rotatable bonds is 4. The summed E-state index contributed by atoms with van der Waals surface area (Å²) in [5.74, 6) is 0.818. The molecule has 0 atom stereocenters. The summed E-state index contributed by atoms with van der Waals surface area (Å²) in [4.78, 5) is 31.8. The predicted molar refractivity (Wildman–Crippen MR) is 124 cm³/mol. The van der Waals surface area contributed by atoms with Crippen LogP contribution in [0.25, 0.3) is 10.1 Å². The van der Waals surface area contributed by atoms with Gasteiger partial charge in [-0.25, -0.2) is 0 Å². The van der Waals surface area contributed by atoms with Crippen LogP contribution in [0.15, 0.2) is 16.9 Å². The molecule has 3 aliphatic rings. The van der Waals surface area contributed by atoms with Crippen molar-refractivity contribution in [2.75, 3.05) is 37.6 Å². The molecular formula is C23H27F3N4O3S. The normalized spacial score (nSPS) is 21.7. The van der Waals surface area contributed by atoms with Crippen LogP contribution >= 0.6 is 11.3 Å². The van der Waals surface area contributed by atoms with Crippen molar-refractivity contribution in [1.82, 2.24) is 9.88 Å². The molecule has 1 spiro atoms. The van der Waals surface area contributed by atoms with E-state index < -0.39 is 27.9 Å². The maximum atomic E-state index is 13.2. The number of nitro benzene ring substituents is 1. The van der Waals surface area contributed by atoms with E-state index in [2.05, 4.69) is 9.88 Å². The van der Waals surface area contributed by atoms with Gasteiger partial charge in [0.15, 0.2) is 5.13 Å². The highest BCUT2D eigenvalue weighted by molar-refractivity contribution is 7.22. The van der Waals surface area contributed by atoms with E-state index in [9.17, 15) is 28.1 Å². The Balaban J connectivity index is 1.30. The maximum absolute atomic E-state index is 13.2. The number of nitro groups is 1. The van der Waals surface area contributed by atoms with Crippen molar-refractivity contribution >= 4 is 32.2 Å². The molecule has 34 heavy (non-hydrogen) atoms. The summed E-state index contributed by atoms with van der Waals surface area (Å²) in [7, 11) is 0. The van der Waals surface area contributed by atoms with Gasteiger partial charge in [0, 0.05) is 38.8 Å². The van der Waals surface area contributed by atoms with E-state index in [1.165, 1.54) is 38.6 Å². The molecule has 1 aliphatic carbocycles. The molecule has 1 saturated carbocycles. The Morgan fingerprint density at radius 3 is 2.44 bits per heavy atom. The maximum Gasteiger partial charge on any atom is 0.416 e. The zero-order valence-electron chi connectivity index (χ0n) is 18.8. The number of alkyl halides is 3.